The highest BCUT2D eigenvalue weighted by molar-refractivity contribution is 5.85. The first-order chi connectivity index (χ1) is 7.18. The molecule has 2 N–H and O–H groups in total. The molecule has 0 bridgehead atoms. The van der Waals surface area contributed by atoms with E-state index in [1.54, 1.807) is 0 Å². The van der Waals surface area contributed by atoms with Crippen LogP contribution in [0, 0.1) is 12.8 Å². The minimum atomic E-state index is -0.396. The summed E-state index contributed by atoms with van der Waals surface area (Å²) < 4.78 is 1.82. The van der Waals surface area contributed by atoms with Crippen molar-refractivity contribution in [1.82, 2.24) is 15.1 Å². The number of nitrogens with one attached hydrogen (secondary N) is 1. The molecule has 0 spiro atoms. The highest BCUT2D eigenvalue weighted by atomic mass is 35.5. The standard InChI is InChI=1S/C11H19N3O.ClH/c1-8-7-10(13-14(8)2)11(15)9-3-5-12-6-4-9;/h7,9,11-12,15H,3-6H2,1-2H3;1H. The third kappa shape index (κ3) is 2.75. The molecule has 0 saturated carbocycles. The van der Waals surface area contributed by atoms with E-state index in [4.69, 9.17) is 0 Å². The van der Waals surface area contributed by atoms with Crippen LogP contribution in [0.2, 0.25) is 0 Å². The Hall–Kier alpha value is -0.580. The van der Waals surface area contributed by atoms with Crippen LogP contribution in [0.5, 0.6) is 0 Å². The van der Waals surface area contributed by atoms with Crippen LogP contribution in [0.25, 0.3) is 0 Å². The maximum Gasteiger partial charge on any atom is 0.101 e. The van der Waals surface area contributed by atoms with E-state index in [2.05, 4.69) is 10.4 Å². The molecule has 2 heterocycles. The summed E-state index contributed by atoms with van der Waals surface area (Å²) in [5.41, 5.74) is 1.92. The summed E-state index contributed by atoms with van der Waals surface area (Å²) >= 11 is 0. The number of aliphatic hydroxyl groups excluding tert-OH is 1. The van der Waals surface area contributed by atoms with Crippen molar-refractivity contribution in [2.75, 3.05) is 13.1 Å². The van der Waals surface area contributed by atoms with Crippen molar-refractivity contribution in [3.8, 4) is 0 Å². The van der Waals surface area contributed by atoms with Gasteiger partial charge in [-0.05, 0) is 44.8 Å². The lowest BCUT2D eigenvalue weighted by Crippen LogP contribution is -2.31. The summed E-state index contributed by atoms with van der Waals surface area (Å²) in [5, 5.41) is 17.8. The minimum absolute atomic E-state index is 0. The number of aromatic nitrogens is 2. The summed E-state index contributed by atoms with van der Waals surface area (Å²) in [6.45, 7) is 4.02. The number of nitrogens with zero attached hydrogens (tertiary/aromatic N) is 2. The van der Waals surface area contributed by atoms with Gasteiger partial charge < -0.3 is 10.4 Å². The Labute approximate surface area is 102 Å². The molecule has 1 aliphatic heterocycles. The normalized spacial score (nSPS) is 19.2. The minimum Gasteiger partial charge on any atom is -0.386 e. The van der Waals surface area contributed by atoms with Gasteiger partial charge in [0.05, 0.1) is 5.69 Å². The van der Waals surface area contributed by atoms with Crippen LogP contribution in [-0.2, 0) is 7.05 Å². The predicted octanol–water partition coefficient (Wildman–Crippen LogP) is 1.18. The molecule has 92 valence electrons. The SMILES string of the molecule is Cc1cc(C(O)C2CCNCC2)nn1C.Cl. The van der Waals surface area contributed by atoms with Crippen LogP contribution in [0.15, 0.2) is 6.07 Å². The average molecular weight is 246 g/mol. The van der Waals surface area contributed by atoms with Gasteiger partial charge in [-0.1, -0.05) is 0 Å². The fourth-order valence-electron chi connectivity index (χ4n) is 2.13. The highest BCUT2D eigenvalue weighted by Crippen LogP contribution is 2.27. The van der Waals surface area contributed by atoms with Gasteiger partial charge in [-0.3, -0.25) is 4.68 Å². The largest absolute Gasteiger partial charge is 0.386 e. The van der Waals surface area contributed by atoms with Crippen molar-refractivity contribution in [3.63, 3.8) is 0 Å². The van der Waals surface area contributed by atoms with Gasteiger partial charge in [-0.25, -0.2) is 0 Å². The first kappa shape index (κ1) is 13.5. The second-order valence-corrected chi connectivity index (χ2v) is 4.37. The lowest BCUT2D eigenvalue weighted by molar-refractivity contribution is 0.0846. The number of aryl methyl sites for hydroxylation is 2. The van der Waals surface area contributed by atoms with Crippen molar-refractivity contribution >= 4 is 12.4 Å². The van der Waals surface area contributed by atoms with Crippen molar-refractivity contribution in [1.29, 1.82) is 0 Å². The van der Waals surface area contributed by atoms with Gasteiger partial charge in [0.1, 0.15) is 6.10 Å². The maximum absolute atomic E-state index is 10.2. The molecule has 2 rings (SSSR count). The molecule has 16 heavy (non-hydrogen) atoms. The summed E-state index contributed by atoms with van der Waals surface area (Å²) in [6.07, 6.45) is 1.68. The first-order valence-electron chi connectivity index (χ1n) is 5.58. The summed E-state index contributed by atoms with van der Waals surface area (Å²) in [6, 6.07) is 1.98. The Kier molecular flexibility index (Phi) is 4.77. The number of hydrogen-bond donors (Lipinski definition) is 2. The molecule has 5 heteroatoms. The molecule has 1 atom stereocenters. The van der Waals surface area contributed by atoms with Gasteiger partial charge in [-0.2, -0.15) is 5.10 Å². The Morgan fingerprint density at radius 2 is 2.12 bits per heavy atom. The zero-order valence-electron chi connectivity index (χ0n) is 9.81. The third-order valence-corrected chi connectivity index (χ3v) is 3.27. The molecule has 1 aromatic rings. The van der Waals surface area contributed by atoms with Gasteiger partial charge in [-0.15, -0.1) is 12.4 Å². The van der Waals surface area contributed by atoms with Gasteiger partial charge in [0.2, 0.25) is 0 Å². The Balaban J connectivity index is 0.00000128. The molecular formula is C11H20ClN3O. The second kappa shape index (κ2) is 5.66. The number of hydrogen-bond acceptors (Lipinski definition) is 3. The fourth-order valence-corrected chi connectivity index (χ4v) is 2.13. The van der Waals surface area contributed by atoms with Crippen molar-refractivity contribution in [3.05, 3.63) is 17.5 Å². The average Bonchev–Trinajstić information content (AvgIpc) is 2.59. The molecule has 0 aliphatic carbocycles. The summed E-state index contributed by atoms with van der Waals surface area (Å²) in [7, 11) is 1.91. The molecule has 0 radical (unpaired) electrons. The number of piperidine rings is 1. The summed E-state index contributed by atoms with van der Waals surface area (Å²) in [4.78, 5) is 0. The lowest BCUT2D eigenvalue weighted by atomic mass is 9.90. The number of rotatable bonds is 2. The van der Waals surface area contributed by atoms with Gasteiger partial charge in [0.15, 0.2) is 0 Å². The molecule has 4 nitrogen and oxygen atoms in total. The highest BCUT2D eigenvalue weighted by Gasteiger charge is 2.24. The summed E-state index contributed by atoms with van der Waals surface area (Å²) in [5.74, 6) is 0.362. The molecule has 1 unspecified atom stereocenters. The fraction of sp³-hybridized carbons (Fsp3) is 0.727. The van der Waals surface area contributed by atoms with E-state index >= 15 is 0 Å². The second-order valence-electron chi connectivity index (χ2n) is 4.37. The Morgan fingerprint density at radius 3 is 2.62 bits per heavy atom. The van der Waals surface area contributed by atoms with Crippen LogP contribution in [0.3, 0.4) is 0 Å². The van der Waals surface area contributed by atoms with E-state index in [-0.39, 0.29) is 12.4 Å². The van der Waals surface area contributed by atoms with Gasteiger partial charge in [0.25, 0.3) is 0 Å². The van der Waals surface area contributed by atoms with Gasteiger partial charge >= 0.3 is 0 Å². The van der Waals surface area contributed by atoms with E-state index in [1.807, 2.05) is 24.7 Å². The molecular weight excluding hydrogens is 226 g/mol. The smallest absolute Gasteiger partial charge is 0.101 e. The van der Waals surface area contributed by atoms with Crippen LogP contribution >= 0.6 is 12.4 Å². The molecule has 1 aliphatic rings. The molecule has 0 aromatic carbocycles. The monoisotopic (exact) mass is 245 g/mol. The zero-order valence-corrected chi connectivity index (χ0v) is 10.6. The van der Waals surface area contributed by atoms with E-state index in [0.29, 0.717) is 5.92 Å². The molecule has 1 saturated heterocycles. The van der Waals surface area contributed by atoms with Crippen molar-refractivity contribution < 1.29 is 5.11 Å². The number of halogens is 1. The van der Waals surface area contributed by atoms with E-state index in [9.17, 15) is 5.11 Å². The third-order valence-electron chi connectivity index (χ3n) is 3.27. The molecule has 0 amide bonds. The van der Waals surface area contributed by atoms with E-state index in [0.717, 1.165) is 37.3 Å². The Morgan fingerprint density at radius 1 is 1.50 bits per heavy atom. The molecule has 1 fully saturated rings. The molecule has 1 aromatic heterocycles. The maximum atomic E-state index is 10.2. The van der Waals surface area contributed by atoms with E-state index < -0.39 is 6.10 Å². The zero-order chi connectivity index (χ0) is 10.8. The van der Waals surface area contributed by atoms with Crippen LogP contribution in [-0.4, -0.2) is 28.0 Å². The van der Waals surface area contributed by atoms with Crippen LogP contribution in [0.1, 0.15) is 30.3 Å². The van der Waals surface area contributed by atoms with Crippen molar-refractivity contribution in [2.45, 2.75) is 25.9 Å². The lowest BCUT2D eigenvalue weighted by Gasteiger charge is -2.26. The quantitative estimate of drug-likeness (QED) is 0.823. The topological polar surface area (TPSA) is 50.1 Å². The van der Waals surface area contributed by atoms with E-state index in [1.165, 1.54) is 0 Å². The predicted molar refractivity (Wildman–Crippen MR) is 65.7 cm³/mol. The van der Waals surface area contributed by atoms with Crippen LogP contribution < -0.4 is 5.32 Å². The number of aliphatic hydroxyl groups is 1. The first-order valence-corrected chi connectivity index (χ1v) is 5.58. The van der Waals surface area contributed by atoms with Gasteiger partial charge in [0, 0.05) is 12.7 Å². The van der Waals surface area contributed by atoms with Crippen LogP contribution in [0.4, 0.5) is 0 Å². The Bertz CT molecular complexity index is 314. The van der Waals surface area contributed by atoms with Crippen molar-refractivity contribution in [2.24, 2.45) is 13.0 Å².